The van der Waals surface area contributed by atoms with Crippen LogP contribution in [0.4, 0.5) is 5.69 Å². The Balaban J connectivity index is 2.00. The first kappa shape index (κ1) is 32.4. The molecule has 41 heavy (non-hydrogen) atoms. The maximum atomic E-state index is 14.0. The fraction of sp³-hybridized carbons (Fsp3) is 0.333. The third-order valence-electron chi connectivity index (χ3n) is 6.38. The number of halogens is 2. The number of rotatable bonds is 14. The maximum absolute atomic E-state index is 14.0. The SMILES string of the molecule is CCCCNC(=O)[C@@H](C)N(Cc1ccc(Cl)cc1)C(=O)CN(c1ccc(OCC)cc1)S(=O)(=O)c1ccc(Br)cc1. The lowest BCUT2D eigenvalue weighted by Crippen LogP contribution is -2.51. The first-order valence-electron chi connectivity index (χ1n) is 13.4. The van der Waals surface area contributed by atoms with Gasteiger partial charge in [-0.2, -0.15) is 0 Å². The Bertz CT molecular complexity index is 1400. The normalized spacial score (nSPS) is 11.9. The number of benzene rings is 3. The van der Waals surface area contributed by atoms with E-state index in [1.807, 2.05) is 13.8 Å². The van der Waals surface area contributed by atoms with Crippen LogP contribution in [0.2, 0.25) is 5.02 Å². The molecule has 0 unspecified atom stereocenters. The van der Waals surface area contributed by atoms with Gasteiger partial charge in [0.05, 0.1) is 17.2 Å². The Morgan fingerprint density at radius 1 is 0.976 bits per heavy atom. The molecule has 1 N–H and O–H groups in total. The summed E-state index contributed by atoms with van der Waals surface area (Å²) in [7, 11) is -4.16. The highest BCUT2D eigenvalue weighted by Gasteiger charge is 2.32. The molecular formula is C30H35BrClN3O5S. The van der Waals surface area contributed by atoms with E-state index in [9.17, 15) is 18.0 Å². The van der Waals surface area contributed by atoms with E-state index in [1.54, 1.807) is 67.6 Å². The highest BCUT2D eigenvalue weighted by molar-refractivity contribution is 9.10. The van der Waals surface area contributed by atoms with Crippen molar-refractivity contribution in [3.05, 3.63) is 87.9 Å². The molecule has 220 valence electrons. The van der Waals surface area contributed by atoms with E-state index < -0.39 is 28.5 Å². The lowest BCUT2D eigenvalue weighted by Gasteiger charge is -2.32. The molecule has 0 bridgehead atoms. The molecule has 2 amide bonds. The molecule has 0 saturated heterocycles. The number of carbonyl (C=O) groups is 2. The van der Waals surface area contributed by atoms with Crippen molar-refractivity contribution in [3.63, 3.8) is 0 Å². The van der Waals surface area contributed by atoms with Crippen LogP contribution in [0.25, 0.3) is 0 Å². The minimum absolute atomic E-state index is 0.0250. The quantitative estimate of drug-likeness (QED) is 0.213. The molecule has 0 spiro atoms. The van der Waals surface area contributed by atoms with Crippen molar-refractivity contribution in [2.45, 2.75) is 51.1 Å². The molecule has 1 atom stereocenters. The van der Waals surface area contributed by atoms with Crippen molar-refractivity contribution >= 4 is 55.1 Å². The molecule has 0 radical (unpaired) electrons. The van der Waals surface area contributed by atoms with E-state index in [-0.39, 0.29) is 23.0 Å². The van der Waals surface area contributed by atoms with Crippen LogP contribution < -0.4 is 14.4 Å². The van der Waals surface area contributed by atoms with Crippen molar-refractivity contribution in [2.24, 2.45) is 0 Å². The lowest BCUT2D eigenvalue weighted by atomic mass is 10.1. The molecule has 3 aromatic carbocycles. The van der Waals surface area contributed by atoms with Crippen molar-refractivity contribution < 1.29 is 22.7 Å². The highest BCUT2D eigenvalue weighted by Crippen LogP contribution is 2.27. The van der Waals surface area contributed by atoms with Gasteiger partial charge in [0.15, 0.2) is 0 Å². The Morgan fingerprint density at radius 3 is 2.20 bits per heavy atom. The summed E-state index contributed by atoms with van der Waals surface area (Å²) in [5, 5.41) is 3.41. The van der Waals surface area contributed by atoms with Crippen LogP contribution in [0.5, 0.6) is 5.75 Å². The Kier molecular flexibility index (Phi) is 12.1. The zero-order valence-corrected chi connectivity index (χ0v) is 26.5. The number of nitrogens with zero attached hydrogens (tertiary/aromatic N) is 2. The van der Waals surface area contributed by atoms with Crippen LogP contribution in [-0.4, -0.2) is 50.9 Å². The number of sulfonamides is 1. The summed E-state index contributed by atoms with van der Waals surface area (Å²) in [6.07, 6.45) is 1.72. The van der Waals surface area contributed by atoms with Crippen LogP contribution in [0, 0.1) is 0 Å². The zero-order valence-electron chi connectivity index (χ0n) is 23.3. The highest BCUT2D eigenvalue weighted by atomic mass is 79.9. The molecule has 0 aliphatic heterocycles. The summed E-state index contributed by atoms with van der Waals surface area (Å²) >= 11 is 9.39. The minimum Gasteiger partial charge on any atom is -0.494 e. The van der Waals surface area contributed by atoms with Gasteiger partial charge < -0.3 is 15.0 Å². The van der Waals surface area contributed by atoms with Gasteiger partial charge in [0.2, 0.25) is 11.8 Å². The Morgan fingerprint density at radius 2 is 1.61 bits per heavy atom. The van der Waals surface area contributed by atoms with Crippen molar-refractivity contribution in [1.82, 2.24) is 10.2 Å². The van der Waals surface area contributed by atoms with Gasteiger partial charge in [-0.25, -0.2) is 8.42 Å². The van der Waals surface area contributed by atoms with E-state index >= 15 is 0 Å². The van der Waals surface area contributed by atoms with Gasteiger partial charge in [0, 0.05) is 22.6 Å². The van der Waals surface area contributed by atoms with E-state index in [1.165, 1.54) is 17.0 Å². The number of hydrogen-bond donors (Lipinski definition) is 1. The summed E-state index contributed by atoms with van der Waals surface area (Å²) in [5.41, 5.74) is 1.04. The smallest absolute Gasteiger partial charge is 0.264 e. The lowest BCUT2D eigenvalue weighted by molar-refractivity contribution is -0.139. The second-order valence-corrected chi connectivity index (χ2v) is 12.6. The van der Waals surface area contributed by atoms with Gasteiger partial charge >= 0.3 is 0 Å². The molecule has 0 fully saturated rings. The first-order valence-corrected chi connectivity index (χ1v) is 16.0. The van der Waals surface area contributed by atoms with E-state index in [2.05, 4.69) is 21.2 Å². The molecular weight excluding hydrogens is 630 g/mol. The number of nitrogens with one attached hydrogen (secondary N) is 1. The third-order valence-corrected chi connectivity index (χ3v) is 8.95. The minimum atomic E-state index is -4.16. The Labute approximate surface area is 255 Å². The number of hydrogen-bond acceptors (Lipinski definition) is 5. The summed E-state index contributed by atoms with van der Waals surface area (Å²) < 4.78 is 35.1. The molecule has 0 saturated carbocycles. The fourth-order valence-corrected chi connectivity index (χ4v) is 5.85. The van der Waals surface area contributed by atoms with E-state index in [0.29, 0.717) is 23.9 Å². The third kappa shape index (κ3) is 8.95. The topological polar surface area (TPSA) is 96.0 Å². The first-order chi connectivity index (χ1) is 19.6. The largest absolute Gasteiger partial charge is 0.494 e. The monoisotopic (exact) mass is 663 g/mol. The van der Waals surface area contributed by atoms with Crippen LogP contribution in [-0.2, 0) is 26.2 Å². The number of carbonyl (C=O) groups excluding carboxylic acids is 2. The van der Waals surface area contributed by atoms with Crippen LogP contribution in [0.15, 0.2) is 82.2 Å². The Hall–Kier alpha value is -3.08. The predicted molar refractivity (Wildman–Crippen MR) is 166 cm³/mol. The average molecular weight is 665 g/mol. The molecule has 0 heterocycles. The number of amides is 2. The van der Waals surface area contributed by atoms with Gasteiger partial charge in [0.1, 0.15) is 18.3 Å². The molecule has 8 nitrogen and oxygen atoms in total. The van der Waals surface area contributed by atoms with Crippen molar-refractivity contribution in [3.8, 4) is 5.75 Å². The zero-order chi connectivity index (χ0) is 30.0. The summed E-state index contributed by atoms with van der Waals surface area (Å²) in [6, 6.07) is 18.8. The van der Waals surface area contributed by atoms with Crippen molar-refractivity contribution in [1.29, 1.82) is 0 Å². The number of ether oxygens (including phenoxy) is 1. The predicted octanol–water partition coefficient (Wildman–Crippen LogP) is 6.03. The molecule has 0 aliphatic carbocycles. The second-order valence-electron chi connectivity index (χ2n) is 9.36. The van der Waals surface area contributed by atoms with Crippen molar-refractivity contribution in [2.75, 3.05) is 24.0 Å². The second kappa shape index (κ2) is 15.2. The summed E-state index contributed by atoms with van der Waals surface area (Å²) in [5.74, 6) is -0.276. The molecule has 3 rings (SSSR count). The van der Waals surface area contributed by atoms with Crippen LogP contribution in [0.3, 0.4) is 0 Å². The molecule has 0 aromatic heterocycles. The summed E-state index contributed by atoms with van der Waals surface area (Å²) in [4.78, 5) is 28.4. The average Bonchev–Trinajstić information content (AvgIpc) is 2.96. The van der Waals surface area contributed by atoms with Crippen LogP contribution in [0.1, 0.15) is 39.2 Å². The standard InChI is InChI=1S/C30H35BrClN3O5S/c1-4-6-19-33-30(37)22(3)34(20-23-7-11-25(32)12-8-23)29(36)21-35(26-13-15-27(16-14-26)40-5-2)41(38,39)28-17-9-24(31)10-18-28/h7-18,22H,4-6,19-21H2,1-3H3,(H,33,37)/t22-/m1/s1. The molecule has 11 heteroatoms. The van der Waals surface area contributed by atoms with Gasteiger partial charge in [-0.3, -0.25) is 13.9 Å². The fourth-order valence-electron chi connectivity index (χ4n) is 4.04. The van der Waals surface area contributed by atoms with E-state index in [4.69, 9.17) is 16.3 Å². The molecule has 3 aromatic rings. The maximum Gasteiger partial charge on any atom is 0.264 e. The number of anilines is 1. The number of unbranched alkanes of at least 4 members (excludes halogenated alkanes) is 1. The van der Waals surface area contributed by atoms with Gasteiger partial charge in [-0.1, -0.05) is 53.0 Å². The summed E-state index contributed by atoms with van der Waals surface area (Å²) in [6.45, 7) is 6.02. The van der Waals surface area contributed by atoms with Gasteiger partial charge in [0.25, 0.3) is 10.0 Å². The van der Waals surface area contributed by atoms with E-state index in [0.717, 1.165) is 27.2 Å². The molecule has 0 aliphatic rings. The van der Waals surface area contributed by atoms with Crippen LogP contribution >= 0.6 is 27.5 Å². The van der Waals surface area contributed by atoms with Gasteiger partial charge in [-0.05, 0) is 86.5 Å². The van der Waals surface area contributed by atoms with Gasteiger partial charge in [-0.15, -0.1) is 0 Å².